The van der Waals surface area contributed by atoms with Gasteiger partial charge in [0.15, 0.2) is 0 Å². The molecule has 11 heavy (non-hydrogen) atoms. The molecular weight excluding hydrogens is 134 g/mol. The fraction of sp³-hybridized carbons (Fsp3) is 0.800. The third kappa shape index (κ3) is 0.715. The smallest absolute Gasteiger partial charge is 0.0325 e. The number of rotatable bonds is 0. The van der Waals surface area contributed by atoms with Gasteiger partial charge in [0, 0.05) is 17.8 Å². The zero-order valence-electron chi connectivity index (χ0n) is 6.92. The summed E-state index contributed by atoms with van der Waals surface area (Å²) in [4.78, 5) is 2.73. The largest absolute Gasteiger partial charge is 0.369 e. The van der Waals surface area contributed by atoms with Gasteiger partial charge in [0.25, 0.3) is 0 Å². The highest BCUT2D eigenvalue weighted by atomic mass is 15.2. The number of hydrogen-bond donors (Lipinski definition) is 0. The molecule has 3 rings (SSSR count). The van der Waals surface area contributed by atoms with E-state index in [2.05, 4.69) is 11.0 Å². The highest BCUT2D eigenvalue weighted by molar-refractivity contribution is 5.18. The van der Waals surface area contributed by atoms with Crippen LogP contribution >= 0.6 is 0 Å². The van der Waals surface area contributed by atoms with Crippen LogP contribution in [-0.2, 0) is 0 Å². The van der Waals surface area contributed by atoms with Crippen molar-refractivity contribution in [1.82, 2.24) is 4.90 Å². The number of nitrogens with zero attached hydrogens (tertiary/aromatic N) is 1. The normalized spacial score (nSPS) is 40.7. The molecule has 0 radical (unpaired) electrons. The Bertz CT molecular complexity index is 207. The fourth-order valence-electron chi connectivity index (χ4n) is 3.07. The molecule has 0 aromatic rings. The van der Waals surface area contributed by atoms with Gasteiger partial charge in [-0.3, -0.25) is 0 Å². The Hall–Kier alpha value is -0.460. The summed E-state index contributed by atoms with van der Waals surface area (Å²) in [5, 5.41) is 0. The molecule has 2 unspecified atom stereocenters. The summed E-state index contributed by atoms with van der Waals surface area (Å²) in [6, 6.07) is 1.87. The lowest BCUT2D eigenvalue weighted by molar-refractivity contribution is 0.169. The van der Waals surface area contributed by atoms with E-state index in [4.69, 9.17) is 0 Å². The van der Waals surface area contributed by atoms with Gasteiger partial charge in [0.2, 0.25) is 0 Å². The van der Waals surface area contributed by atoms with Gasteiger partial charge in [-0.1, -0.05) is 6.08 Å². The van der Waals surface area contributed by atoms with Gasteiger partial charge >= 0.3 is 0 Å². The van der Waals surface area contributed by atoms with Crippen LogP contribution in [0.2, 0.25) is 0 Å². The van der Waals surface area contributed by atoms with Crippen molar-refractivity contribution in [3.05, 3.63) is 11.8 Å². The zero-order chi connectivity index (χ0) is 7.26. The van der Waals surface area contributed by atoms with Crippen molar-refractivity contribution >= 4 is 0 Å². The molecule has 2 saturated heterocycles. The average Bonchev–Trinajstić information content (AvgIpc) is 2.60. The minimum atomic E-state index is 0.922. The van der Waals surface area contributed by atoms with Crippen LogP contribution in [0, 0.1) is 0 Å². The van der Waals surface area contributed by atoms with Gasteiger partial charge in [0.05, 0.1) is 0 Å². The fourth-order valence-corrected chi connectivity index (χ4v) is 3.07. The highest BCUT2D eigenvalue weighted by Crippen LogP contribution is 2.42. The van der Waals surface area contributed by atoms with E-state index in [0.29, 0.717) is 0 Å². The zero-order valence-corrected chi connectivity index (χ0v) is 6.92. The van der Waals surface area contributed by atoms with Gasteiger partial charge < -0.3 is 4.90 Å². The second-order valence-corrected chi connectivity index (χ2v) is 4.12. The third-order valence-corrected chi connectivity index (χ3v) is 3.55. The molecule has 3 aliphatic rings. The summed E-state index contributed by atoms with van der Waals surface area (Å²) in [7, 11) is 0. The minimum absolute atomic E-state index is 0.922. The van der Waals surface area contributed by atoms with Crippen LogP contribution in [0.1, 0.15) is 38.5 Å². The van der Waals surface area contributed by atoms with Crippen LogP contribution in [0.4, 0.5) is 0 Å². The highest BCUT2D eigenvalue weighted by Gasteiger charge is 2.38. The predicted molar refractivity (Wildman–Crippen MR) is 45.2 cm³/mol. The maximum absolute atomic E-state index is 2.73. The molecule has 0 amide bonds. The molecule has 1 nitrogen and oxygen atoms in total. The van der Waals surface area contributed by atoms with Gasteiger partial charge in [-0.05, 0) is 38.5 Å². The molecule has 2 fully saturated rings. The van der Waals surface area contributed by atoms with E-state index in [1.807, 2.05) is 0 Å². The molecule has 0 aliphatic carbocycles. The maximum Gasteiger partial charge on any atom is 0.0325 e. The molecule has 0 bridgehead atoms. The Morgan fingerprint density at radius 3 is 3.09 bits per heavy atom. The van der Waals surface area contributed by atoms with E-state index < -0.39 is 0 Å². The Balaban J connectivity index is 1.95. The summed E-state index contributed by atoms with van der Waals surface area (Å²) < 4.78 is 0. The summed E-state index contributed by atoms with van der Waals surface area (Å²) in [5.41, 5.74) is 1.68. The van der Waals surface area contributed by atoms with E-state index in [-0.39, 0.29) is 0 Å². The molecule has 0 saturated carbocycles. The van der Waals surface area contributed by atoms with Crippen LogP contribution in [0.3, 0.4) is 0 Å². The summed E-state index contributed by atoms with van der Waals surface area (Å²) in [5.74, 6) is 0. The Kier molecular flexibility index (Phi) is 1.12. The molecule has 3 aliphatic heterocycles. The van der Waals surface area contributed by atoms with Gasteiger partial charge in [-0.25, -0.2) is 0 Å². The molecule has 1 heteroatoms. The van der Waals surface area contributed by atoms with Crippen molar-refractivity contribution in [3.8, 4) is 0 Å². The monoisotopic (exact) mass is 149 g/mol. The van der Waals surface area contributed by atoms with Crippen molar-refractivity contribution in [1.29, 1.82) is 0 Å². The van der Waals surface area contributed by atoms with Crippen LogP contribution in [0.15, 0.2) is 11.8 Å². The lowest BCUT2D eigenvalue weighted by Crippen LogP contribution is -2.38. The Morgan fingerprint density at radius 2 is 2.09 bits per heavy atom. The maximum atomic E-state index is 2.73. The van der Waals surface area contributed by atoms with Crippen LogP contribution in [-0.4, -0.2) is 17.0 Å². The molecule has 0 N–H and O–H groups in total. The summed E-state index contributed by atoms with van der Waals surface area (Å²) in [6.07, 6.45) is 11.1. The van der Waals surface area contributed by atoms with E-state index in [9.17, 15) is 0 Å². The Morgan fingerprint density at radius 1 is 1.18 bits per heavy atom. The van der Waals surface area contributed by atoms with Gasteiger partial charge in [-0.15, -0.1) is 0 Å². The second-order valence-electron chi connectivity index (χ2n) is 4.12. The topological polar surface area (TPSA) is 3.24 Å². The lowest BCUT2D eigenvalue weighted by Gasteiger charge is -2.36. The van der Waals surface area contributed by atoms with Crippen molar-refractivity contribution < 1.29 is 0 Å². The Labute approximate surface area is 68.1 Å². The van der Waals surface area contributed by atoms with Gasteiger partial charge in [-0.2, -0.15) is 0 Å². The lowest BCUT2D eigenvalue weighted by atomic mass is 9.96. The SMILES string of the molecule is C1=C2CCC3CCCC(C1)N23. The van der Waals surface area contributed by atoms with E-state index in [0.717, 1.165) is 12.1 Å². The summed E-state index contributed by atoms with van der Waals surface area (Å²) in [6.45, 7) is 0. The molecule has 2 atom stereocenters. The van der Waals surface area contributed by atoms with Crippen molar-refractivity contribution in [2.75, 3.05) is 0 Å². The first kappa shape index (κ1) is 6.10. The molecule has 3 heterocycles. The van der Waals surface area contributed by atoms with Crippen molar-refractivity contribution in [2.45, 2.75) is 50.6 Å². The van der Waals surface area contributed by atoms with Crippen LogP contribution in [0.5, 0.6) is 0 Å². The standard InChI is InChI=1S/C10H15N/c1-2-8-4-6-10-7-5-9(3-1)11(8)10/h6,8-9H,1-5,7H2. The number of piperidine rings is 1. The van der Waals surface area contributed by atoms with Crippen LogP contribution < -0.4 is 0 Å². The first-order chi connectivity index (χ1) is 5.45. The third-order valence-electron chi connectivity index (χ3n) is 3.55. The molecule has 0 aromatic carbocycles. The number of allylic oxidation sites excluding steroid dienone is 1. The van der Waals surface area contributed by atoms with E-state index in [1.165, 1.54) is 38.5 Å². The molecule has 0 spiro atoms. The quantitative estimate of drug-likeness (QED) is 0.511. The summed E-state index contributed by atoms with van der Waals surface area (Å²) >= 11 is 0. The van der Waals surface area contributed by atoms with Crippen molar-refractivity contribution in [3.63, 3.8) is 0 Å². The van der Waals surface area contributed by atoms with Crippen LogP contribution in [0.25, 0.3) is 0 Å². The van der Waals surface area contributed by atoms with E-state index >= 15 is 0 Å². The molecule has 60 valence electrons. The first-order valence-corrected chi connectivity index (χ1v) is 4.92. The van der Waals surface area contributed by atoms with E-state index in [1.54, 1.807) is 5.70 Å². The van der Waals surface area contributed by atoms with Gasteiger partial charge in [0.1, 0.15) is 0 Å². The first-order valence-electron chi connectivity index (χ1n) is 4.92. The predicted octanol–water partition coefficient (Wildman–Crippen LogP) is 2.29. The van der Waals surface area contributed by atoms with Crippen molar-refractivity contribution in [2.24, 2.45) is 0 Å². The molecule has 0 aromatic heterocycles. The molecular formula is C10H15N. The average molecular weight is 149 g/mol. The second kappa shape index (κ2) is 2.02. The number of hydrogen-bond acceptors (Lipinski definition) is 1. The minimum Gasteiger partial charge on any atom is -0.369 e.